The van der Waals surface area contributed by atoms with Crippen molar-refractivity contribution in [2.75, 3.05) is 16.8 Å². The fourth-order valence-corrected chi connectivity index (χ4v) is 7.41. The van der Waals surface area contributed by atoms with Crippen LogP contribution in [-0.2, 0) is 5.41 Å². The highest BCUT2D eigenvalue weighted by Crippen LogP contribution is 2.50. The van der Waals surface area contributed by atoms with Crippen LogP contribution in [0.25, 0.3) is 50.1 Å². The molecule has 0 unspecified atom stereocenters. The quantitative estimate of drug-likeness (QED) is 0.224. The minimum Gasteiger partial charge on any atom is -0.454 e. The summed E-state index contributed by atoms with van der Waals surface area (Å²) < 4.78 is 6.62. The Kier molecular flexibility index (Phi) is 5.61. The number of hydrogen-bond donors (Lipinski definition) is 1. The molecule has 3 nitrogen and oxygen atoms in total. The van der Waals surface area contributed by atoms with Crippen molar-refractivity contribution >= 4 is 44.9 Å². The number of nitrogens with zero attached hydrogens (tertiary/aromatic N) is 1. The van der Waals surface area contributed by atoms with Crippen molar-refractivity contribution in [2.45, 2.75) is 19.3 Å². The average molecular weight is 581 g/mol. The number of rotatable bonds is 4. The fourth-order valence-electron chi connectivity index (χ4n) is 7.41. The predicted molar refractivity (Wildman–Crippen MR) is 188 cm³/mol. The number of anilines is 3. The van der Waals surface area contributed by atoms with Crippen LogP contribution in [0.3, 0.4) is 0 Å². The van der Waals surface area contributed by atoms with Gasteiger partial charge in [-0.15, -0.1) is 0 Å². The Hall–Kier alpha value is -5.54. The van der Waals surface area contributed by atoms with E-state index in [-0.39, 0.29) is 5.41 Å². The van der Waals surface area contributed by atoms with E-state index in [0.29, 0.717) is 6.54 Å². The molecule has 0 atom stereocenters. The highest BCUT2D eigenvalue weighted by molar-refractivity contribution is 6.10. The second kappa shape index (κ2) is 9.73. The van der Waals surface area contributed by atoms with E-state index in [4.69, 9.17) is 4.42 Å². The van der Waals surface area contributed by atoms with Crippen LogP contribution < -0.4 is 10.2 Å². The standard InChI is InChI=1S/C42H32N2O/c1-42(2)37-15-9-8-14-34(37)36-24-31(21-23-38(36)42)44(30-19-16-28(17-20-30)27-10-4-3-5-11-27)32-25-39-40(43-26-32)35-22-18-29-12-6-7-13-33(29)41(35)45-39/h3-25,43H,26H2,1-2H3. The smallest absolute Gasteiger partial charge is 0.153 e. The second-order valence-corrected chi connectivity index (χ2v) is 12.6. The van der Waals surface area contributed by atoms with E-state index >= 15 is 0 Å². The van der Waals surface area contributed by atoms with Crippen molar-refractivity contribution < 1.29 is 4.42 Å². The van der Waals surface area contributed by atoms with Crippen molar-refractivity contribution in [3.8, 4) is 22.3 Å². The van der Waals surface area contributed by atoms with Crippen LogP contribution in [0.2, 0.25) is 0 Å². The molecular weight excluding hydrogens is 548 g/mol. The van der Waals surface area contributed by atoms with Gasteiger partial charge in [-0.05, 0) is 69.1 Å². The molecule has 2 heterocycles. The van der Waals surface area contributed by atoms with Crippen molar-refractivity contribution in [2.24, 2.45) is 0 Å². The van der Waals surface area contributed by atoms with Crippen LogP contribution in [0, 0.1) is 0 Å². The number of nitrogens with one attached hydrogen (secondary N) is 1. The van der Waals surface area contributed by atoms with Crippen LogP contribution in [0.5, 0.6) is 0 Å². The van der Waals surface area contributed by atoms with Crippen molar-refractivity contribution in [1.29, 1.82) is 0 Å². The molecule has 7 aromatic rings. The second-order valence-electron chi connectivity index (χ2n) is 12.6. The molecule has 0 radical (unpaired) electrons. The molecule has 2 aliphatic rings. The number of fused-ring (bicyclic) bond motifs is 8. The molecular formula is C42H32N2O. The zero-order valence-electron chi connectivity index (χ0n) is 25.3. The van der Waals surface area contributed by atoms with Crippen LogP contribution in [0.1, 0.15) is 30.7 Å². The van der Waals surface area contributed by atoms with Gasteiger partial charge in [-0.3, -0.25) is 0 Å². The van der Waals surface area contributed by atoms with E-state index in [9.17, 15) is 0 Å². The number of hydrogen-bond acceptors (Lipinski definition) is 3. The lowest BCUT2D eigenvalue weighted by atomic mass is 9.82. The first kappa shape index (κ1) is 25.9. The molecule has 0 bridgehead atoms. The molecule has 6 aromatic carbocycles. The minimum absolute atomic E-state index is 0.0375. The summed E-state index contributed by atoms with van der Waals surface area (Å²) in [5.74, 6) is 0.862. The molecule has 9 rings (SSSR count). The maximum Gasteiger partial charge on any atom is 0.153 e. The van der Waals surface area contributed by atoms with Gasteiger partial charge in [0.15, 0.2) is 5.76 Å². The number of furan rings is 1. The molecule has 1 N–H and O–H groups in total. The highest BCUT2D eigenvalue weighted by Gasteiger charge is 2.35. The normalized spacial score (nSPS) is 14.4. The van der Waals surface area contributed by atoms with Gasteiger partial charge in [0.2, 0.25) is 0 Å². The summed E-state index contributed by atoms with van der Waals surface area (Å²) in [5.41, 5.74) is 13.1. The lowest BCUT2D eigenvalue weighted by molar-refractivity contribution is 0.606. The molecule has 0 saturated carbocycles. The van der Waals surface area contributed by atoms with Crippen LogP contribution >= 0.6 is 0 Å². The third kappa shape index (κ3) is 3.97. The fraction of sp³-hybridized carbons (Fsp3) is 0.0952. The summed E-state index contributed by atoms with van der Waals surface area (Å²) in [4.78, 5) is 2.38. The third-order valence-electron chi connectivity index (χ3n) is 9.70. The molecule has 1 aromatic heterocycles. The average Bonchev–Trinajstić information content (AvgIpc) is 3.58. The van der Waals surface area contributed by atoms with E-state index in [1.807, 2.05) is 0 Å². The van der Waals surface area contributed by atoms with Gasteiger partial charge >= 0.3 is 0 Å². The van der Waals surface area contributed by atoms with E-state index < -0.39 is 0 Å². The Morgan fingerprint density at radius 2 is 1.33 bits per heavy atom. The van der Waals surface area contributed by atoms with Crippen LogP contribution in [0.4, 0.5) is 17.1 Å². The summed E-state index contributed by atoms with van der Waals surface area (Å²) in [7, 11) is 0. The van der Waals surface area contributed by atoms with E-state index in [0.717, 1.165) is 44.9 Å². The van der Waals surface area contributed by atoms with Gasteiger partial charge in [-0.25, -0.2) is 0 Å². The SMILES string of the molecule is CC1(C)c2ccccc2-c2cc(N(C3=Cc4oc5c(ccc6ccccc65)c4NC3)c3ccc(-c4ccccc4)cc3)ccc21. The lowest BCUT2D eigenvalue weighted by Gasteiger charge is -2.31. The van der Waals surface area contributed by atoms with Crippen LogP contribution in [0.15, 0.2) is 144 Å². The van der Waals surface area contributed by atoms with Gasteiger partial charge in [-0.2, -0.15) is 0 Å². The minimum atomic E-state index is -0.0375. The van der Waals surface area contributed by atoms with Gasteiger partial charge in [0, 0.05) is 39.3 Å². The van der Waals surface area contributed by atoms with Crippen molar-refractivity contribution in [3.63, 3.8) is 0 Å². The monoisotopic (exact) mass is 580 g/mol. The molecule has 1 aliphatic heterocycles. The molecule has 0 amide bonds. The maximum atomic E-state index is 6.62. The molecule has 1 aliphatic carbocycles. The molecule has 0 saturated heterocycles. The van der Waals surface area contributed by atoms with E-state index in [1.165, 1.54) is 38.8 Å². The zero-order valence-corrected chi connectivity index (χ0v) is 25.3. The lowest BCUT2D eigenvalue weighted by Crippen LogP contribution is -2.24. The van der Waals surface area contributed by atoms with Gasteiger partial charge in [0.25, 0.3) is 0 Å². The van der Waals surface area contributed by atoms with Gasteiger partial charge in [0.05, 0.1) is 12.2 Å². The summed E-state index contributed by atoms with van der Waals surface area (Å²) in [6, 6.07) is 48.1. The van der Waals surface area contributed by atoms with Gasteiger partial charge in [0.1, 0.15) is 5.58 Å². The van der Waals surface area contributed by atoms with E-state index in [2.05, 4.69) is 164 Å². The van der Waals surface area contributed by atoms with Crippen molar-refractivity contribution in [3.05, 3.63) is 156 Å². The Balaban J connectivity index is 1.21. The Labute approximate surface area is 263 Å². The summed E-state index contributed by atoms with van der Waals surface area (Å²) in [6.45, 7) is 5.34. The molecule has 0 spiro atoms. The number of benzene rings is 6. The summed E-state index contributed by atoms with van der Waals surface area (Å²) >= 11 is 0. The first-order chi connectivity index (χ1) is 22.1. The van der Waals surface area contributed by atoms with Crippen molar-refractivity contribution in [1.82, 2.24) is 0 Å². The van der Waals surface area contributed by atoms with E-state index in [1.54, 1.807) is 0 Å². The largest absolute Gasteiger partial charge is 0.454 e. The Morgan fingerprint density at radius 3 is 2.20 bits per heavy atom. The third-order valence-corrected chi connectivity index (χ3v) is 9.70. The molecule has 45 heavy (non-hydrogen) atoms. The Morgan fingerprint density at radius 1 is 0.622 bits per heavy atom. The van der Waals surface area contributed by atoms with Gasteiger partial charge < -0.3 is 14.6 Å². The van der Waals surface area contributed by atoms with Crippen LogP contribution in [-0.4, -0.2) is 6.54 Å². The van der Waals surface area contributed by atoms with Gasteiger partial charge in [-0.1, -0.05) is 117 Å². The molecule has 216 valence electrons. The first-order valence-electron chi connectivity index (χ1n) is 15.6. The molecule has 3 heteroatoms. The summed E-state index contributed by atoms with van der Waals surface area (Å²) in [6.07, 6.45) is 2.22. The molecule has 0 fully saturated rings. The summed E-state index contributed by atoms with van der Waals surface area (Å²) in [5, 5.41) is 7.17. The Bertz CT molecular complexity index is 2290. The maximum absolute atomic E-state index is 6.62. The topological polar surface area (TPSA) is 28.4 Å². The predicted octanol–water partition coefficient (Wildman–Crippen LogP) is 11.2. The first-order valence-corrected chi connectivity index (χ1v) is 15.6. The zero-order chi connectivity index (χ0) is 30.1. The highest BCUT2D eigenvalue weighted by atomic mass is 16.3.